The summed E-state index contributed by atoms with van der Waals surface area (Å²) in [5, 5.41) is 0.497. The second-order valence-corrected chi connectivity index (χ2v) is 5.68. The first-order valence-corrected chi connectivity index (χ1v) is 7.94. The van der Waals surface area contributed by atoms with Crippen molar-refractivity contribution in [3.8, 4) is 11.5 Å². The summed E-state index contributed by atoms with van der Waals surface area (Å²) in [7, 11) is 2.01. The average molecular weight is 324 g/mol. The van der Waals surface area contributed by atoms with Gasteiger partial charge in [-0.15, -0.1) is 0 Å². The van der Waals surface area contributed by atoms with Gasteiger partial charge < -0.3 is 14.4 Å². The largest absolute Gasteiger partial charge is 0.490 e. The molecule has 1 fully saturated rings. The van der Waals surface area contributed by atoms with Gasteiger partial charge in [-0.2, -0.15) is 0 Å². The minimum absolute atomic E-state index is 0.195. The molecular weight excluding hydrogens is 302 g/mol. The predicted octanol–water partition coefficient (Wildman–Crippen LogP) is 3.43. The predicted molar refractivity (Wildman–Crippen MR) is 88.9 cm³/mol. The smallest absolute Gasteiger partial charge is 0.179 e. The summed E-state index contributed by atoms with van der Waals surface area (Å²) in [6, 6.07) is 3.68. The van der Waals surface area contributed by atoms with E-state index in [-0.39, 0.29) is 5.78 Å². The Kier molecular flexibility index (Phi) is 5.86. The number of nitrogens with zero attached hydrogens (tertiary/aromatic N) is 1. The highest BCUT2D eigenvalue weighted by Crippen LogP contribution is 2.37. The summed E-state index contributed by atoms with van der Waals surface area (Å²) in [4.78, 5) is 14.2. The van der Waals surface area contributed by atoms with Gasteiger partial charge in [-0.25, -0.2) is 0 Å². The van der Waals surface area contributed by atoms with Crippen molar-refractivity contribution in [1.82, 2.24) is 4.90 Å². The van der Waals surface area contributed by atoms with Crippen LogP contribution in [0.2, 0.25) is 5.02 Å². The number of ether oxygens (including phenoxy) is 2. The Morgan fingerprint density at radius 3 is 2.68 bits per heavy atom. The Balaban J connectivity index is 2.36. The fraction of sp³-hybridized carbons (Fsp3) is 0.471. The molecule has 0 saturated carbocycles. The van der Waals surface area contributed by atoms with E-state index in [0.717, 1.165) is 17.7 Å². The molecule has 22 heavy (non-hydrogen) atoms. The van der Waals surface area contributed by atoms with Crippen LogP contribution < -0.4 is 9.47 Å². The van der Waals surface area contributed by atoms with Crippen LogP contribution in [0.25, 0.3) is 6.08 Å². The highest BCUT2D eigenvalue weighted by atomic mass is 35.5. The molecule has 4 nitrogen and oxygen atoms in total. The number of piperidine rings is 1. The number of hydrogen-bond donors (Lipinski definition) is 0. The van der Waals surface area contributed by atoms with Crippen LogP contribution in [-0.4, -0.2) is 44.0 Å². The quantitative estimate of drug-likeness (QED) is 0.778. The lowest BCUT2D eigenvalue weighted by Crippen LogP contribution is -2.32. The van der Waals surface area contributed by atoms with Crippen molar-refractivity contribution < 1.29 is 14.3 Å². The molecule has 0 atom stereocenters. The Morgan fingerprint density at radius 2 is 2.00 bits per heavy atom. The second-order valence-electron chi connectivity index (χ2n) is 5.28. The zero-order chi connectivity index (χ0) is 16.1. The summed E-state index contributed by atoms with van der Waals surface area (Å²) in [6.45, 7) is 6.33. The van der Waals surface area contributed by atoms with Crippen molar-refractivity contribution in [2.24, 2.45) is 0 Å². The molecule has 0 N–H and O–H groups in total. The zero-order valence-corrected chi connectivity index (χ0v) is 14.1. The third-order valence-corrected chi connectivity index (χ3v) is 3.76. The maximum atomic E-state index is 12.0. The van der Waals surface area contributed by atoms with Crippen LogP contribution in [0.4, 0.5) is 0 Å². The number of hydrogen-bond acceptors (Lipinski definition) is 4. The van der Waals surface area contributed by atoms with Gasteiger partial charge in [-0.1, -0.05) is 11.6 Å². The number of ketones is 1. The molecule has 1 heterocycles. The number of carbonyl (C=O) groups excluding carboxylic acids is 1. The molecular formula is C17H22ClNO3. The van der Waals surface area contributed by atoms with Gasteiger partial charge in [0.05, 0.1) is 18.2 Å². The number of carbonyl (C=O) groups is 1. The summed E-state index contributed by atoms with van der Waals surface area (Å²) in [5.41, 5.74) is 1.66. The van der Waals surface area contributed by atoms with Gasteiger partial charge in [0.1, 0.15) is 0 Å². The van der Waals surface area contributed by atoms with Crippen molar-refractivity contribution in [2.45, 2.75) is 20.3 Å². The summed E-state index contributed by atoms with van der Waals surface area (Å²) < 4.78 is 11.2. The molecule has 2 rings (SSSR count). The molecule has 5 heteroatoms. The topological polar surface area (TPSA) is 38.8 Å². The number of likely N-dealkylation sites (tertiary alicyclic amines) is 1. The van der Waals surface area contributed by atoms with Crippen molar-refractivity contribution in [3.05, 3.63) is 28.3 Å². The van der Waals surface area contributed by atoms with Crippen molar-refractivity contribution in [1.29, 1.82) is 0 Å². The maximum Gasteiger partial charge on any atom is 0.179 e. The summed E-state index contributed by atoms with van der Waals surface area (Å²) in [5.74, 6) is 1.36. The number of Topliss-reactive ketones (excluding diaryl/α,β-unsaturated/α-hetero) is 1. The lowest BCUT2D eigenvalue weighted by atomic mass is 10.0. The minimum Gasteiger partial charge on any atom is -0.490 e. The Labute approximate surface area is 136 Å². The van der Waals surface area contributed by atoms with E-state index in [1.807, 2.05) is 39.1 Å². The molecule has 1 aromatic carbocycles. The van der Waals surface area contributed by atoms with Crippen molar-refractivity contribution in [2.75, 3.05) is 33.4 Å². The van der Waals surface area contributed by atoms with Gasteiger partial charge in [-0.3, -0.25) is 4.79 Å². The highest BCUT2D eigenvalue weighted by molar-refractivity contribution is 6.32. The molecule has 1 saturated heterocycles. The van der Waals surface area contributed by atoms with Gasteiger partial charge >= 0.3 is 0 Å². The van der Waals surface area contributed by atoms with Crippen LogP contribution in [0.1, 0.15) is 25.8 Å². The van der Waals surface area contributed by atoms with Crippen LogP contribution in [0.15, 0.2) is 17.7 Å². The van der Waals surface area contributed by atoms with Crippen LogP contribution in [0, 0.1) is 0 Å². The highest BCUT2D eigenvalue weighted by Gasteiger charge is 2.19. The van der Waals surface area contributed by atoms with Gasteiger partial charge in [0.25, 0.3) is 0 Å². The molecule has 120 valence electrons. The molecule has 0 radical (unpaired) electrons. The van der Waals surface area contributed by atoms with E-state index in [1.165, 1.54) is 0 Å². The number of halogens is 1. The average Bonchev–Trinajstić information content (AvgIpc) is 2.47. The van der Waals surface area contributed by atoms with Crippen molar-refractivity contribution >= 4 is 23.5 Å². The lowest BCUT2D eigenvalue weighted by molar-refractivity contribution is -0.117. The third kappa shape index (κ3) is 4.02. The van der Waals surface area contributed by atoms with E-state index in [2.05, 4.69) is 4.90 Å². The maximum absolute atomic E-state index is 12.0. The normalized spacial score (nSPS) is 17.8. The van der Waals surface area contributed by atoms with Crippen LogP contribution in [0.3, 0.4) is 0 Å². The Hall–Kier alpha value is -1.52. The van der Waals surface area contributed by atoms with E-state index >= 15 is 0 Å². The van der Waals surface area contributed by atoms with E-state index in [4.69, 9.17) is 21.1 Å². The van der Waals surface area contributed by atoms with E-state index in [1.54, 1.807) is 0 Å². The van der Waals surface area contributed by atoms with Crippen molar-refractivity contribution in [3.63, 3.8) is 0 Å². The fourth-order valence-electron chi connectivity index (χ4n) is 2.46. The molecule has 0 aromatic heterocycles. The van der Waals surface area contributed by atoms with Crippen LogP contribution in [-0.2, 0) is 4.79 Å². The first-order valence-electron chi connectivity index (χ1n) is 7.56. The Bertz CT molecular complexity index is 584. The zero-order valence-electron chi connectivity index (χ0n) is 13.3. The molecule has 0 bridgehead atoms. The van der Waals surface area contributed by atoms with E-state index in [0.29, 0.717) is 42.7 Å². The summed E-state index contributed by atoms with van der Waals surface area (Å²) in [6.07, 6.45) is 2.45. The van der Waals surface area contributed by atoms with Gasteiger partial charge in [-0.05, 0) is 44.7 Å². The second kappa shape index (κ2) is 7.65. The molecule has 0 amide bonds. The molecule has 0 unspecified atom stereocenters. The number of rotatable bonds is 5. The lowest BCUT2D eigenvalue weighted by Gasteiger charge is -2.23. The SMILES string of the molecule is CCOc1cc(/C=C2\CN(C)CCC2=O)cc(Cl)c1OCC. The Morgan fingerprint density at radius 1 is 1.27 bits per heavy atom. The minimum atomic E-state index is 0.195. The van der Waals surface area contributed by atoms with Crippen LogP contribution >= 0.6 is 11.6 Å². The molecule has 0 aliphatic carbocycles. The molecule has 1 aromatic rings. The third-order valence-electron chi connectivity index (χ3n) is 3.48. The standard InChI is InChI=1S/C17H22ClNO3/c1-4-21-16-10-12(9-14(18)17(16)22-5-2)8-13-11-19(3)7-6-15(13)20/h8-10H,4-7,11H2,1-3H3/b13-8+. The van der Waals surface area contributed by atoms with E-state index in [9.17, 15) is 4.79 Å². The van der Waals surface area contributed by atoms with Gasteiger partial charge in [0.15, 0.2) is 17.3 Å². The number of benzene rings is 1. The first-order chi connectivity index (χ1) is 10.5. The van der Waals surface area contributed by atoms with Gasteiger partial charge in [0.2, 0.25) is 0 Å². The van der Waals surface area contributed by atoms with Crippen LogP contribution in [0.5, 0.6) is 11.5 Å². The first kappa shape index (κ1) is 16.8. The summed E-state index contributed by atoms with van der Waals surface area (Å²) >= 11 is 6.30. The molecule has 0 spiro atoms. The van der Waals surface area contributed by atoms with Gasteiger partial charge in [0, 0.05) is 25.1 Å². The molecule has 1 aliphatic rings. The fourth-order valence-corrected chi connectivity index (χ4v) is 2.73. The molecule has 1 aliphatic heterocycles. The van der Waals surface area contributed by atoms with E-state index < -0.39 is 0 Å². The number of likely N-dealkylation sites (N-methyl/N-ethyl adjacent to an activating group) is 1. The monoisotopic (exact) mass is 323 g/mol.